The summed E-state index contributed by atoms with van der Waals surface area (Å²) in [4.78, 5) is 11.0. The average molecular weight is 294 g/mol. The van der Waals surface area contributed by atoms with Crippen LogP contribution in [0.15, 0.2) is 30.3 Å². The van der Waals surface area contributed by atoms with E-state index in [2.05, 4.69) is 31.9 Å². The van der Waals surface area contributed by atoms with Crippen molar-refractivity contribution < 1.29 is 9.53 Å². The molecule has 4 heteroatoms. The summed E-state index contributed by atoms with van der Waals surface area (Å²) in [5.41, 5.74) is 0. The van der Waals surface area contributed by atoms with Crippen molar-refractivity contribution in [2.45, 2.75) is 3.74 Å². The second-order valence-electron chi connectivity index (χ2n) is 2.03. The van der Waals surface area contributed by atoms with Gasteiger partial charge in [-0.25, -0.2) is 4.79 Å². The highest BCUT2D eigenvalue weighted by atomic mass is 79.9. The third-order valence-electron chi connectivity index (χ3n) is 1.14. The minimum absolute atomic E-state index is 0.360. The maximum Gasteiger partial charge on any atom is 0.336 e. The van der Waals surface area contributed by atoms with Crippen molar-refractivity contribution in [3.63, 3.8) is 0 Å². The second kappa shape index (κ2) is 4.62. The van der Waals surface area contributed by atoms with E-state index in [-0.39, 0.29) is 5.97 Å². The molecule has 0 radical (unpaired) electrons. The number of halogens is 2. The standard InChI is InChI=1S/C8H6Br2O2/c9-7(10)8(11)12-6-4-2-1-3-5-6/h1-5,7H. The van der Waals surface area contributed by atoms with Crippen molar-refractivity contribution in [2.75, 3.05) is 0 Å². The minimum Gasteiger partial charge on any atom is -0.425 e. The van der Waals surface area contributed by atoms with Crippen molar-refractivity contribution >= 4 is 37.8 Å². The lowest BCUT2D eigenvalue weighted by atomic mass is 10.3. The third-order valence-corrected chi connectivity index (χ3v) is 1.89. The highest BCUT2D eigenvalue weighted by Crippen LogP contribution is 2.14. The number of para-hydroxylation sites is 1. The fourth-order valence-electron chi connectivity index (χ4n) is 0.649. The molecule has 0 amide bonds. The van der Waals surface area contributed by atoms with Gasteiger partial charge in [0, 0.05) is 0 Å². The number of alkyl halides is 2. The molecule has 0 fully saturated rings. The summed E-state index contributed by atoms with van der Waals surface area (Å²) >= 11 is 6.08. The van der Waals surface area contributed by atoms with E-state index in [0.29, 0.717) is 5.75 Å². The Bertz CT molecular complexity index is 259. The van der Waals surface area contributed by atoms with Gasteiger partial charge in [-0.1, -0.05) is 50.1 Å². The van der Waals surface area contributed by atoms with Crippen molar-refractivity contribution in [3.8, 4) is 5.75 Å². The number of benzene rings is 1. The van der Waals surface area contributed by atoms with E-state index in [1.807, 2.05) is 6.07 Å². The van der Waals surface area contributed by atoms with E-state index < -0.39 is 3.74 Å². The SMILES string of the molecule is O=C(Oc1ccccc1)C(Br)Br. The first-order chi connectivity index (χ1) is 5.70. The molecule has 2 nitrogen and oxygen atoms in total. The maximum absolute atomic E-state index is 11.0. The van der Waals surface area contributed by atoms with Gasteiger partial charge in [-0.3, -0.25) is 0 Å². The molecular weight excluding hydrogens is 288 g/mol. The van der Waals surface area contributed by atoms with Crippen molar-refractivity contribution in [3.05, 3.63) is 30.3 Å². The van der Waals surface area contributed by atoms with Crippen LogP contribution in [0.5, 0.6) is 5.75 Å². The lowest BCUT2D eigenvalue weighted by Crippen LogP contribution is -2.14. The predicted molar refractivity (Wildman–Crippen MR) is 53.7 cm³/mol. The molecule has 12 heavy (non-hydrogen) atoms. The molecule has 0 heterocycles. The van der Waals surface area contributed by atoms with Gasteiger partial charge < -0.3 is 4.74 Å². The van der Waals surface area contributed by atoms with Crippen molar-refractivity contribution in [1.82, 2.24) is 0 Å². The lowest BCUT2D eigenvalue weighted by molar-refractivity contribution is -0.131. The Morgan fingerprint density at radius 1 is 1.25 bits per heavy atom. The normalized spacial score (nSPS) is 9.92. The van der Waals surface area contributed by atoms with Crippen LogP contribution in [-0.2, 0) is 4.79 Å². The molecule has 0 aliphatic rings. The number of carbonyl (C=O) groups is 1. The van der Waals surface area contributed by atoms with Gasteiger partial charge in [-0.05, 0) is 12.1 Å². The summed E-state index contributed by atoms with van der Waals surface area (Å²) in [6.45, 7) is 0. The Morgan fingerprint density at radius 2 is 1.83 bits per heavy atom. The van der Waals surface area contributed by atoms with Gasteiger partial charge in [0.05, 0.1) is 0 Å². The Kier molecular flexibility index (Phi) is 3.75. The molecule has 64 valence electrons. The molecule has 0 unspecified atom stereocenters. The monoisotopic (exact) mass is 292 g/mol. The number of esters is 1. The molecule has 0 atom stereocenters. The average Bonchev–Trinajstić information content (AvgIpc) is 2.06. The van der Waals surface area contributed by atoms with E-state index in [1.165, 1.54) is 0 Å². The number of ether oxygens (including phenoxy) is 1. The highest BCUT2D eigenvalue weighted by Gasteiger charge is 2.12. The van der Waals surface area contributed by atoms with E-state index >= 15 is 0 Å². The third kappa shape index (κ3) is 2.95. The Morgan fingerprint density at radius 3 is 2.33 bits per heavy atom. The molecule has 1 aromatic carbocycles. The number of carbonyl (C=O) groups excluding carboxylic acids is 1. The van der Waals surface area contributed by atoms with Crippen LogP contribution in [-0.4, -0.2) is 9.71 Å². The Labute approximate surface area is 87.2 Å². The fraction of sp³-hybridized carbons (Fsp3) is 0.125. The van der Waals surface area contributed by atoms with Gasteiger partial charge >= 0.3 is 5.97 Å². The summed E-state index contributed by atoms with van der Waals surface area (Å²) in [5.74, 6) is 0.188. The van der Waals surface area contributed by atoms with E-state index in [4.69, 9.17) is 4.74 Å². The molecular formula is C8H6Br2O2. The molecule has 0 bridgehead atoms. The van der Waals surface area contributed by atoms with Crippen LogP contribution in [0.2, 0.25) is 0 Å². The van der Waals surface area contributed by atoms with Crippen LogP contribution < -0.4 is 4.74 Å². The zero-order chi connectivity index (χ0) is 8.97. The molecule has 0 saturated heterocycles. The van der Waals surface area contributed by atoms with Gasteiger partial charge in [-0.2, -0.15) is 0 Å². The Balaban J connectivity index is 2.59. The summed E-state index contributed by atoms with van der Waals surface area (Å²) < 4.78 is 4.49. The van der Waals surface area contributed by atoms with Crippen molar-refractivity contribution in [2.24, 2.45) is 0 Å². The van der Waals surface area contributed by atoms with Crippen LogP contribution in [0.3, 0.4) is 0 Å². The van der Waals surface area contributed by atoms with E-state index in [1.54, 1.807) is 24.3 Å². The lowest BCUT2D eigenvalue weighted by Gasteiger charge is -2.03. The zero-order valence-corrected chi connectivity index (χ0v) is 9.21. The molecule has 0 aromatic heterocycles. The van der Waals surface area contributed by atoms with Gasteiger partial charge in [0.1, 0.15) is 5.75 Å². The van der Waals surface area contributed by atoms with E-state index in [0.717, 1.165) is 0 Å². The van der Waals surface area contributed by atoms with Crippen LogP contribution >= 0.6 is 31.9 Å². The predicted octanol–water partition coefficient (Wildman–Crippen LogP) is 2.71. The van der Waals surface area contributed by atoms with Gasteiger partial charge in [0.2, 0.25) is 0 Å². The molecule has 0 N–H and O–H groups in total. The topological polar surface area (TPSA) is 26.3 Å². The molecule has 1 rings (SSSR count). The molecule has 0 saturated carbocycles. The summed E-state index contributed by atoms with van der Waals surface area (Å²) in [5, 5.41) is 0. The van der Waals surface area contributed by atoms with Crippen LogP contribution in [0, 0.1) is 0 Å². The van der Waals surface area contributed by atoms with Crippen LogP contribution in [0.1, 0.15) is 0 Å². The largest absolute Gasteiger partial charge is 0.425 e. The van der Waals surface area contributed by atoms with E-state index in [9.17, 15) is 4.79 Å². The quantitative estimate of drug-likeness (QED) is 0.476. The Hall–Kier alpha value is -0.350. The van der Waals surface area contributed by atoms with Gasteiger partial charge in [0.15, 0.2) is 3.74 Å². The number of hydrogen-bond acceptors (Lipinski definition) is 2. The summed E-state index contributed by atoms with van der Waals surface area (Å²) in [6.07, 6.45) is 0. The number of rotatable bonds is 2. The molecule has 0 spiro atoms. The van der Waals surface area contributed by atoms with Gasteiger partial charge in [0.25, 0.3) is 0 Å². The maximum atomic E-state index is 11.0. The molecule has 0 aliphatic heterocycles. The highest BCUT2D eigenvalue weighted by molar-refractivity contribution is 9.25. The minimum atomic E-state index is -0.454. The smallest absolute Gasteiger partial charge is 0.336 e. The van der Waals surface area contributed by atoms with Crippen LogP contribution in [0.4, 0.5) is 0 Å². The van der Waals surface area contributed by atoms with Crippen LogP contribution in [0.25, 0.3) is 0 Å². The van der Waals surface area contributed by atoms with Gasteiger partial charge in [-0.15, -0.1) is 0 Å². The first-order valence-corrected chi connectivity index (χ1v) is 5.08. The first kappa shape index (κ1) is 9.74. The van der Waals surface area contributed by atoms with Crippen molar-refractivity contribution in [1.29, 1.82) is 0 Å². The molecule has 1 aromatic rings. The molecule has 0 aliphatic carbocycles. The summed E-state index contributed by atoms with van der Waals surface area (Å²) in [6, 6.07) is 8.91. The second-order valence-corrected chi connectivity index (χ2v) is 5.09. The number of hydrogen-bond donors (Lipinski definition) is 0. The fourth-order valence-corrected chi connectivity index (χ4v) is 0.836. The first-order valence-electron chi connectivity index (χ1n) is 3.25. The summed E-state index contributed by atoms with van der Waals surface area (Å²) in [7, 11) is 0. The zero-order valence-electron chi connectivity index (χ0n) is 6.04.